The molecule has 2 aromatic carbocycles. The maximum Gasteiger partial charge on any atom is 0.243 e. The van der Waals surface area contributed by atoms with E-state index in [1.165, 1.54) is 5.56 Å². The Kier molecular flexibility index (Phi) is 4.95. The largest absolute Gasteiger partial charge is 0.497 e. The minimum absolute atomic E-state index is 0.293. The zero-order valence-electron chi connectivity index (χ0n) is 16.0. The van der Waals surface area contributed by atoms with Gasteiger partial charge in [0.05, 0.1) is 17.5 Å². The predicted octanol–water partition coefficient (Wildman–Crippen LogP) is 3.06. The Balaban J connectivity index is 1.51. The van der Waals surface area contributed by atoms with E-state index in [4.69, 9.17) is 9.72 Å². The van der Waals surface area contributed by atoms with E-state index in [9.17, 15) is 8.42 Å². The molecular weight excluding hydrogens is 374 g/mol. The van der Waals surface area contributed by atoms with Crippen LogP contribution in [0.3, 0.4) is 0 Å². The number of nitrogens with zero attached hydrogens (tertiary/aromatic N) is 3. The molecule has 0 spiro atoms. The number of aryl methyl sites for hydroxylation is 1. The average molecular weight is 398 g/mol. The summed E-state index contributed by atoms with van der Waals surface area (Å²) in [4.78, 5) is 7.21. The number of benzene rings is 2. The van der Waals surface area contributed by atoms with Crippen LogP contribution in [0.25, 0.3) is 10.9 Å². The quantitative estimate of drug-likeness (QED) is 0.677. The first-order chi connectivity index (χ1) is 13.5. The van der Waals surface area contributed by atoms with E-state index in [-0.39, 0.29) is 0 Å². The van der Waals surface area contributed by atoms with Gasteiger partial charge in [0.15, 0.2) is 0 Å². The van der Waals surface area contributed by atoms with E-state index in [1.807, 2.05) is 18.2 Å². The highest BCUT2D eigenvalue weighted by atomic mass is 32.2. The van der Waals surface area contributed by atoms with Crippen molar-refractivity contribution < 1.29 is 13.2 Å². The van der Waals surface area contributed by atoms with Crippen molar-refractivity contribution in [3.63, 3.8) is 0 Å². The van der Waals surface area contributed by atoms with Gasteiger partial charge in [-0.15, -0.1) is 0 Å². The minimum atomic E-state index is -3.50. The van der Waals surface area contributed by atoms with Gasteiger partial charge in [0.25, 0.3) is 0 Å². The molecule has 2 heterocycles. The Hall–Kier alpha value is -2.64. The van der Waals surface area contributed by atoms with E-state index < -0.39 is 10.0 Å². The van der Waals surface area contributed by atoms with E-state index in [0.29, 0.717) is 36.8 Å². The molecule has 0 bridgehead atoms. The molecule has 1 aliphatic heterocycles. The number of pyridine rings is 1. The van der Waals surface area contributed by atoms with Crippen molar-refractivity contribution in [1.82, 2.24) is 9.29 Å². The highest BCUT2D eigenvalue weighted by molar-refractivity contribution is 7.89. The molecule has 146 valence electrons. The molecule has 1 aliphatic rings. The Bertz CT molecular complexity index is 1090. The van der Waals surface area contributed by atoms with Crippen molar-refractivity contribution in [2.45, 2.75) is 11.8 Å². The van der Waals surface area contributed by atoms with Gasteiger partial charge >= 0.3 is 0 Å². The second-order valence-corrected chi connectivity index (χ2v) is 8.82. The molecule has 0 aliphatic carbocycles. The van der Waals surface area contributed by atoms with Gasteiger partial charge in [0.2, 0.25) is 10.0 Å². The van der Waals surface area contributed by atoms with Crippen molar-refractivity contribution in [1.29, 1.82) is 0 Å². The lowest BCUT2D eigenvalue weighted by atomic mass is 10.1. The third kappa shape index (κ3) is 3.43. The van der Waals surface area contributed by atoms with E-state index in [0.717, 1.165) is 16.7 Å². The van der Waals surface area contributed by atoms with Gasteiger partial charge in [-0.1, -0.05) is 18.2 Å². The van der Waals surface area contributed by atoms with Crippen LogP contribution in [0.4, 0.5) is 5.82 Å². The zero-order chi connectivity index (χ0) is 19.7. The molecule has 1 saturated heterocycles. The molecule has 1 aromatic heterocycles. The number of anilines is 1. The van der Waals surface area contributed by atoms with Crippen LogP contribution >= 0.6 is 0 Å². The number of hydrogen-bond acceptors (Lipinski definition) is 5. The number of para-hydroxylation sites is 1. The second-order valence-electron chi connectivity index (χ2n) is 6.88. The van der Waals surface area contributed by atoms with Crippen LogP contribution in [0.2, 0.25) is 0 Å². The molecule has 0 saturated carbocycles. The maximum absolute atomic E-state index is 12.9. The van der Waals surface area contributed by atoms with Crippen molar-refractivity contribution >= 4 is 26.7 Å². The van der Waals surface area contributed by atoms with Crippen molar-refractivity contribution in [2.75, 3.05) is 38.2 Å². The molecule has 0 amide bonds. The van der Waals surface area contributed by atoms with E-state index >= 15 is 0 Å². The normalized spacial score (nSPS) is 15.7. The average Bonchev–Trinajstić information content (AvgIpc) is 2.74. The molecule has 0 unspecified atom stereocenters. The summed E-state index contributed by atoms with van der Waals surface area (Å²) >= 11 is 0. The molecule has 0 radical (unpaired) electrons. The van der Waals surface area contributed by atoms with Gasteiger partial charge in [-0.2, -0.15) is 4.31 Å². The Morgan fingerprint density at radius 2 is 1.64 bits per heavy atom. The van der Waals surface area contributed by atoms with Crippen molar-refractivity contribution in [3.8, 4) is 5.75 Å². The molecule has 4 rings (SSSR count). The first-order valence-electron chi connectivity index (χ1n) is 9.24. The fraction of sp³-hybridized carbons (Fsp3) is 0.286. The molecule has 6 nitrogen and oxygen atoms in total. The van der Waals surface area contributed by atoms with Crippen LogP contribution < -0.4 is 9.64 Å². The summed E-state index contributed by atoms with van der Waals surface area (Å²) in [5.41, 5.74) is 2.14. The standard InChI is InChI=1S/C21H23N3O3S/c1-16-15-21(22-20-6-4-3-5-19(16)20)23-11-13-24(14-12-23)28(25,26)18-9-7-17(27-2)8-10-18/h3-10,15H,11-14H2,1-2H3. The first kappa shape index (κ1) is 18.7. The molecule has 0 atom stereocenters. The van der Waals surface area contributed by atoms with Gasteiger partial charge in [-0.25, -0.2) is 13.4 Å². The number of ether oxygens (including phenoxy) is 1. The lowest BCUT2D eigenvalue weighted by Gasteiger charge is -2.35. The summed E-state index contributed by atoms with van der Waals surface area (Å²) < 4.78 is 32.5. The number of aromatic nitrogens is 1. The number of fused-ring (bicyclic) bond motifs is 1. The van der Waals surface area contributed by atoms with Crippen LogP contribution in [0.5, 0.6) is 5.75 Å². The lowest BCUT2D eigenvalue weighted by molar-refractivity contribution is 0.383. The molecule has 3 aromatic rings. The molecule has 7 heteroatoms. The summed E-state index contributed by atoms with van der Waals surface area (Å²) in [5.74, 6) is 1.54. The summed E-state index contributed by atoms with van der Waals surface area (Å²) in [7, 11) is -1.94. The highest BCUT2D eigenvalue weighted by Gasteiger charge is 2.29. The Morgan fingerprint density at radius 1 is 0.964 bits per heavy atom. The highest BCUT2D eigenvalue weighted by Crippen LogP contribution is 2.25. The summed E-state index contributed by atoms with van der Waals surface area (Å²) in [6.07, 6.45) is 0. The smallest absolute Gasteiger partial charge is 0.243 e. The van der Waals surface area contributed by atoms with Crippen LogP contribution in [0.1, 0.15) is 5.56 Å². The topological polar surface area (TPSA) is 62.7 Å². The summed E-state index contributed by atoms with van der Waals surface area (Å²) in [6, 6.07) is 16.7. The van der Waals surface area contributed by atoms with Gasteiger partial charge in [0.1, 0.15) is 11.6 Å². The second kappa shape index (κ2) is 7.41. The number of sulfonamides is 1. The monoisotopic (exact) mass is 397 g/mol. The van der Waals surface area contributed by atoms with E-state index in [2.05, 4.69) is 24.0 Å². The molecule has 0 N–H and O–H groups in total. The van der Waals surface area contributed by atoms with Gasteiger partial charge in [-0.3, -0.25) is 0 Å². The molecule has 1 fully saturated rings. The number of rotatable bonds is 4. The van der Waals surface area contributed by atoms with Gasteiger partial charge < -0.3 is 9.64 Å². The number of piperazine rings is 1. The predicted molar refractivity (Wildman–Crippen MR) is 110 cm³/mol. The zero-order valence-corrected chi connectivity index (χ0v) is 16.8. The van der Waals surface area contributed by atoms with Crippen LogP contribution in [-0.2, 0) is 10.0 Å². The third-order valence-electron chi connectivity index (χ3n) is 5.17. The SMILES string of the molecule is COc1ccc(S(=O)(=O)N2CCN(c3cc(C)c4ccccc4n3)CC2)cc1. The van der Waals surface area contributed by atoms with Crippen molar-refractivity contribution in [3.05, 3.63) is 60.2 Å². The van der Waals surface area contributed by atoms with Crippen LogP contribution in [0.15, 0.2) is 59.5 Å². The fourth-order valence-corrected chi connectivity index (χ4v) is 4.97. The molecular formula is C21H23N3O3S. The first-order valence-corrected chi connectivity index (χ1v) is 10.7. The maximum atomic E-state index is 12.9. The van der Waals surface area contributed by atoms with Crippen LogP contribution in [-0.4, -0.2) is 51.0 Å². The number of methoxy groups -OCH3 is 1. The summed E-state index contributed by atoms with van der Waals surface area (Å²) in [5, 5.41) is 1.15. The van der Waals surface area contributed by atoms with Crippen LogP contribution in [0, 0.1) is 6.92 Å². The van der Waals surface area contributed by atoms with Crippen molar-refractivity contribution in [2.24, 2.45) is 0 Å². The summed E-state index contributed by atoms with van der Waals surface area (Å²) in [6.45, 7) is 4.17. The minimum Gasteiger partial charge on any atom is -0.497 e. The Labute approximate surface area is 165 Å². The molecule has 28 heavy (non-hydrogen) atoms. The third-order valence-corrected chi connectivity index (χ3v) is 7.08. The Morgan fingerprint density at radius 3 is 2.32 bits per heavy atom. The van der Waals surface area contributed by atoms with Gasteiger partial charge in [0, 0.05) is 31.6 Å². The van der Waals surface area contributed by atoms with E-state index in [1.54, 1.807) is 35.7 Å². The fourth-order valence-electron chi connectivity index (χ4n) is 3.55. The number of hydrogen-bond donors (Lipinski definition) is 0. The lowest BCUT2D eigenvalue weighted by Crippen LogP contribution is -2.48. The van der Waals surface area contributed by atoms with Gasteiger partial charge in [-0.05, 0) is 48.9 Å².